The third-order valence-electron chi connectivity index (χ3n) is 10.6. The summed E-state index contributed by atoms with van der Waals surface area (Å²) < 4.78 is 11.9. The molecule has 0 spiro atoms. The number of phenols is 2. The Labute approximate surface area is 341 Å². The van der Waals surface area contributed by atoms with E-state index < -0.39 is 0 Å². The topological polar surface area (TPSA) is 83.6 Å². The smallest absolute Gasteiger partial charge is 0.166 e. The summed E-state index contributed by atoms with van der Waals surface area (Å²) in [5.41, 5.74) is 2.46. The maximum absolute atomic E-state index is 10.9. The predicted octanol–water partition coefficient (Wildman–Crippen LogP) is 15.5. The van der Waals surface area contributed by atoms with Gasteiger partial charge in [-0.1, -0.05) is 192 Å². The van der Waals surface area contributed by atoms with Gasteiger partial charge in [0, 0.05) is 23.6 Å². The van der Waals surface area contributed by atoms with Crippen molar-refractivity contribution in [3.05, 3.63) is 71.8 Å². The zero-order valence-electron chi connectivity index (χ0n) is 35.3. The Morgan fingerprint density at radius 2 is 0.696 bits per heavy atom. The van der Waals surface area contributed by atoms with Gasteiger partial charge in [-0.3, -0.25) is 9.98 Å². The van der Waals surface area contributed by atoms with Gasteiger partial charge in [-0.25, -0.2) is 0 Å². The number of phenolic OH excluding ortho intramolecular Hbond substituents is 2. The summed E-state index contributed by atoms with van der Waals surface area (Å²) in [6.45, 7) is 5.72. The number of unbranched alkanes of at least 4 members (excludes halogenated alkanes) is 24. The van der Waals surface area contributed by atoms with Gasteiger partial charge in [0.25, 0.3) is 0 Å². The van der Waals surface area contributed by atoms with Crippen molar-refractivity contribution in [1.29, 1.82) is 0 Å². The van der Waals surface area contributed by atoms with E-state index in [9.17, 15) is 10.2 Å². The number of benzene rings is 3. The molecule has 6 heteroatoms. The highest BCUT2D eigenvalue weighted by Crippen LogP contribution is 2.33. The van der Waals surface area contributed by atoms with Crippen LogP contribution in [0.1, 0.15) is 192 Å². The van der Waals surface area contributed by atoms with Gasteiger partial charge in [0.2, 0.25) is 0 Å². The van der Waals surface area contributed by atoms with Crippen LogP contribution >= 0.6 is 0 Å². The van der Waals surface area contributed by atoms with Crippen molar-refractivity contribution in [2.24, 2.45) is 9.98 Å². The zero-order valence-corrected chi connectivity index (χ0v) is 35.3. The van der Waals surface area contributed by atoms with E-state index in [1.807, 2.05) is 48.5 Å². The average Bonchev–Trinajstić information content (AvgIpc) is 3.21. The van der Waals surface area contributed by atoms with Crippen LogP contribution < -0.4 is 9.47 Å². The summed E-state index contributed by atoms with van der Waals surface area (Å²) in [5.74, 6) is 1.14. The van der Waals surface area contributed by atoms with Gasteiger partial charge >= 0.3 is 0 Å². The quantitative estimate of drug-likeness (QED) is 0.0468. The van der Waals surface area contributed by atoms with Crippen LogP contribution in [-0.4, -0.2) is 35.9 Å². The lowest BCUT2D eigenvalue weighted by Crippen LogP contribution is -1.98. The second-order valence-electron chi connectivity index (χ2n) is 15.6. The minimum atomic E-state index is 0.0902. The zero-order chi connectivity index (χ0) is 39.7. The number of rotatable bonds is 34. The summed E-state index contributed by atoms with van der Waals surface area (Å²) in [6.07, 6.45) is 37.3. The molecule has 0 saturated heterocycles. The molecular weight excluding hydrogens is 693 g/mol. The van der Waals surface area contributed by atoms with Crippen LogP contribution in [0.2, 0.25) is 0 Å². The summed E-state index contributed by atoms with van der Waals surface area (Å²) in [5, 5.41) is 21.9. The molecule has 0 saturated carbocycles. The molecule has 0 aliphatic heterocycles. The third-order valence-corrected chi connectivity index (χ3v) is 10.6. The first-order valence-corrected chi connectivity index (χ1v) is 22.7. The second kappa shape index (κ2) is 31.3. The first-order valence-electron chi connectivity index (χ1n) is 22.7. The van der Waals surface area contributed by atoms with E-state index in [2.05, 4.69) is 23.8 Å². The lowest BCUT2D eigenvalue weighted by Gasteiger charge is -2.10. The number of ether oxygens (including phenoxy) is 2. The average molecular weight is 769 g/mol. The van der Waals surface area contributed by atoms with Gasteiger partial charge in [-0.05, 0) is 49.2 Å². The molecule has 2 N–H and O–H groups in total. The van der Waals surface area contributed by atoms with Crippen molar-refractivity contribution in [2.45, 2.75) is 181 Å². The Morgan fingerprint density at radius 1 is 0.393 bits per heavy atom. The van der Waals surface area contributed by atoms with Crippen molar-refractivity contribution in [3.63, 3.8) is 0 Å². The molecule has 0 atom stereocenters. The number of hydrogen-bond donors (Lipinski definition) is 2. The normalized spacial score (nSPS) is 11.6. The number of hydrogen-bond acceptors (Lipinski definition) is 6. The molecule has 0 radical (unpaired) electrons. The van der Waals surface area contributed by atoms with Crippen LogP contribution in [0.3, 0.4) is 0 Å². The van der Waals surface area contributed by atoms with E-state index in [1.54, 1.807) is 24.6 Å². The largest absolute Gasteiger partial charge is 0.504 e. The molecule has 0 bridgehead atoms. The van der Waals surface area contributed by atoms with E-state index in [-0.39, 0.29) is 11.5 Å². The Hall–Kier alpha value is -3.80. The summed E-state index contributed by atoms with van der Waals surface area (Å²) in [7, 11) is 0. The molecule has 0 aliphatic carbocycles. The lowest BCUT2D eigenvalue weighted by molar-refractivity contribution is 0.288. The van der Waals surface area contributed by atoms with Crippen molar-refractivity contribution in [1.82, 2.24) is 0 Å². The number of para-hydroxylation sites is 4. The molecule has 56 heavy (non-hydrogen) atoms. The van der Waals surface area contributed by atoms with Crippen LogP contribution in [0, 0.1) is 0 Å². The fraction of sp³-hybridized carbons (Fsp3) is 0.600. The predicted molar refractivity (Wildman–Crippen MR) is 240 cm³/mol. The molecule has 0 aromatic heterocycles. The highest BCUT2D eigenvalue weighted by molar-refractivity contribution is 5.90. The number of nitrogens with zero attached hydrogens (tertiary/aromatic N) is 2. The highest BCUT2D eigenvalue weighted by atomic mass is 16.5. The molecule has 0 aliphatic rings. The van der Waals surface area contributed by atoms with Crippen LogP contribution in [0.25, 0.3) is 0 Å². The van der Waals surface area contributed by atoms with Crippen LogP contribution in [0.5, 0.6) is 23.0 Å². The Kier molecular flexibility index (Phi) is 26.0. The van der Waals surface area contributed by atoms with Crippen molar-refractivity contribution in [2.75, 3.05) is 13.2 Å². The molecule has 3 aromatic carbocycles. The fourth-order valence-corrected chi connectivity index (χ4v) is 7.08. The molecule has 0 amide bonds. The Morgan fingerprint density at radius 3 is 1.02 bits per heavy atom. The minimum Gasteiger partial charge on any atom is -0.504 e. The van der Waals surface area contributed by atoms with Gasteiger partial charge in [-0.15, -0.1) is 0 Å². The molecule has 0 unspecified atom stereocenters. The van der Waals surface area contributed by atoms with E-state index in [1.165, 1.54) is 141 Å². The molecule has 0 fully saturated rings. The molecular formula is C50H76N2O4. The number of aromatic hydroxyl groups is 2. The highest BCUT2D eigenvalue weighted by Gasteiger charge is 2.09. The number of aliphatic imine (C=N–C) groups is 2. The van der Waals surface area contributed by atoms with Gasteiger partial charge in [-0.2, -0.15) is 0 Å². The standard InChI is InChI=1S/C50H76N2O4/c1-3-5-7-9-11-13-15-17-19-21-23-25-29-39-55-47-37-31-33-43(49(47)53)41-51-45-35-27-28-36-46(45)52-42-44-34-32-38-48(50(44)54)56-40-30-26-24-22-20-18-16-14-12-10-8-6-4-2/h27-28,31-38,41-42,53-54H,3-26,29-30,39-40H2,1-2H3. The van der Waals surface area contributed by atoms with Gasteiger partial charge < -0.3 is 19.7 Å². The van der Waals surface area contributed by atoms with Gasteiger partial charge in [0.05, 0.1) is 24.6 Å². The second-order valence-corrected chi connectivity index (χ2v) is 15.6. The molecule has 6 nitrogen and oxygen atoms in total. The third kappa shape index (κ3) is 20.4. The summed E-state index contributed by atoms with van der Waals surface area (Å²) in [4.78, 5) is 9.33. The minimum absolute atomic E-state index is 0.0902. The SMILES string of the molecule is CCCCCCCCCCCCCCCOc1cccc(C=Nc2ccccc2N=Cc2cccc(OCCCCCCCCCCCCCCC)c2O)c1O. The van der Waals surface area contributed by atoms with Gasteiger partial charge in [0.1, 0.15) is 0 Å². The van der Waals surface area contributed by atoms with E-state index in [4.69, 9.17) is 9.47 Å². The first kappa shape index (κ1) is 46.6. The van der Waals surface area contributed by atoms with Crippen molar-refractivity contribution in [3.8, 4) is 23.0 Å². The maximum Gasteiger partial charge on any atom is 0.166 e. The molecule has 3 aromatic rings. The van der Waals surface area contributed by atoms with Gasteiger partial charge in [0.15, 0.2) is 23.0 Å². The van der Waals surface area contributed by atoms with Crippen LogP contribution in [-0.2, 0) is 0 Å². The molecule has 310 valence electrons. The van der Waals surface area contributed by atoms with E-state index in [0.29, 0.717) is 47.2 Å². The van der Waals surface area contributed by atoms with E-state index in [0.717, 1.165) is 25.7 Å². The molecule has 0 heterocycles. The Bertz CT molecular complexity index is 1380. The lowest BCUT2D eigenvalue weighted by atomic mass is 10.0. The van der Waals surface area contributed by atoms with Crippen LogP contribution in [0.15, 0.2) is 70.6 Å². The first-order chi connectivity index (χ1) is 27.6. The van der Waals surface area contributed by atoms with Crippen LogP contribution in [0.4, 0.5) is 11.4 Å². The summed E-state index contributed by atoms with van der Waals surface area (Å²) in [6, 6.07) is 18.6. The Balaban J connectivity index is 1.37. The maximum atomic E-state index is 10.9. The summed E-state index contributed by atoms with van der Waals surface area (Å²) >= 11 is 0. The fourth-order valence-electron chi connectivity index (χ4n) is 7.08. The van der Waals surface area contributed by atoms with Crippen molar-refractivity contribution >= 4 is 23.8 Å². The van der Waals surface area contributed by atoms with Crippen molar-refractivity contribution < 1.29 is 19.7 Å². The van der Waals surface area contributed by atoms with E-state index >= 15 is 0 Å². The molecule has 3 rings (SSSR count). The monoisotopic (exact) mass is 769 g/mol.